The number of carbonyl (C=O) groups is 1. The number of hydrogen-bond donors (Lipinski definition) is 1. The monoisotopic (exact) mass is 440 g/mol. The van der Waals surface area contributed by atoms with Crippen LogP contribution in [-0.2, 0) is 9.84 Å². The Hall–Kier alpha value is -1.87. The molecule has 7 nitrogen and oxygen atoms in total. The Labute approximate surface area is 176 Å². The second-order valence-corrected chi connectivity index (χ2v) is 10.9. The van der Waals surface area contributed by atoms with Crippen molar-refractivity contribution in [2.24, 2.45) is 5.92 Å². The van der Waals surface area contributed by atoms with Crippen molar-refractivity contribution in [2.45, 2.75) is 54.7 Å². The van der Waals surface area contributed by atoms with E-state index < -0.39 is 21.7 Å². The molecule has 2 saturated carbocycles. The van der Waals surface area contributed by atoms with Crippen LogP contribution in [0.4, 0.5) is 9.18 Å². The molecular formula is C21H29FN2O5S. The standard InChI is InChI=1S/C21H29FN2O5S/c22-19-13-18(30(27,28)17-5-6-17)7-8-20(19)29-14-15-1-3-16(4-2-15)23-9-11-24(12-10-23)21(25)26/h7-8,13,15-17H,1-6,9-12,14H2,(H,25,26). The Balaban J connectivity index is 1.24. The summed E-state index contributed by atoms with van der Waals surface area (Å²) in [5.41, 5.74) is 0. The lowest BCUT2D eigenvalue weighted by Crippen LogP contribution is -2.52. The highest BCUT2D eigenvalue weighted by molar-refractivity contribution is 7.92. The number of amides is 1. The molecule has 1 saturated heterocycles. The number of hydrogen-bond acceptors (Lipinski definition) is 5. The van der Waals surface area contributed by atoms with Crippen LogP contribution >= 0.6 is 0 Å². The third kappa shape index (κ3) is 4.72. The molecule has 0 aromatic heterocycles. The van der Waals surface area contributed by atoms with E-state index in [4.69, 9.17) is 9.84 Å². The van der Waals surface area contributed by atoms with E-state index in [0.29, 0.717) is 44.5 Å². The Kier molecular flexibility index (Phi) is 6.20. The molecule has 1 amide bonds. The van der Waals surface area contributed by atoms with Gasteiger partial charge >= 0.3 is 6.09 Å². The Bertz CT molecular complexity index is 873. The van der Waals surface area contributed by atoms with Crippen molar-refractivity contribution < 1.29 is 27.4 Å². The molecule has 1 aliphatic heterocycles. The molecule has 1 heterocycles. The highest BCUT2D eigenvalue weighted by atomic mass is 32.2. The number of sulfone groups is 1. The molecule has 0 unspecified atom stereocenters. The lowest BCUT2D eigenvalue weighted by molar-refractivity contribution is 0.0616. The molecule has 9 heteroatoms. The zero-order chi connectivity index (χ0) is 21.3. The van der Waals surface area contributed by atoms with E-state index in [1.54, 1.807) is 0 Å². The average molecular weight is 441 g/mol. The maximum absolute atomic E-state index is 14.4. The van der Waals surface area contributed by atoms with E-state index in [9.17, 15) is 17.6 Å². The number of benzene rings is 1. The van der Waals surface area contributed by atoms with Gasteiger partial charge in [0.15, 0.2) is 21.4 Å². The fourth-order valence-electron chi connectivity index (χ4n) is 4.51. The fraction of sp³-hybridized carbons (Fsp3) is 0.667. The van der Waals surface area contributed by atoms with E-state index in [2.05, 4.69) is 4.90 Å². The average Bonchev–Trinajstić information content (AvgIpc) is 3.59. The Morgan fingerprint density at radius 2 is 1.73 bits per heavy atom. The first-order valence-corrected chi connectivity index (χ1v) is 12.3. The third-order valence-corrected chi connectivity index (χ3v) is 8.85. The lowest BCUT2D eigenvalue weighted by atomic mass is 9.85. The predicted molar refractivity (Wildman–Crippen MR) is 109 cm³/mol. The molecule has 1 aromatic rings. The van der Waals surface area contributed by atoms with Crippen molar-refractivity contribution >= 4 is 15.9 Å². The molecule has 30 heavy (non-hydrogen) atoms. The topological polar surface area (TPSA) is 87.2 Å². The van der Waals surface area contributed by atoms with Crippen molar-refractivity contribution in [3.63, 3.8) is 0 Å². The van der Waals surface area contributed by atoms with Crippen molar-refractivity contribution in [3.05, 3.63) is 24.0 Å². The van der Waals surface area contributed by atoms with E-state index >= 15 is 0 Å². The van der Waals surface area contributed by atoms with Crippen molar-refractivity contribution in [1.82, 2.24) is 9.80 Å². The molecule has 0 bridgehead atoms. The van der Waals surface area contributed by atoms with Crippen LogP contribution < -0.4 is 4.74 Å². The quantitative estimate of drug-likeness (QED) is 0.732. The summed E-state index contributed by atoms with van der Waals surface area (Å²) in [6.07, 6.45) is 4.49. The smallest absolute Gasteiger partial charge is 0.407 e. The van der Waals surface area contributed by atoms with Gasteiger partial charge in [0.05, 0.1) is 16.8 Å². The largest absolute Gasteiger partial charge is 0.490 e. The van der Waals surface area contributed by atoms with Crippen LogP contribution in [0.1, 0.15) is 38.5 Å². The van der Waals surface area contributed by atoms with Gasteiger partial charge in [0.1, 0.15) is 0 Å². The van der Waals surface area contributed by atoms with Gasteiger partial charge in [0, 0.05) is 32.2 Å². The number of halogens is 1. The SMILES string of the molecule is O=C(O)N1CCN(C2CCC(COc3ccc(S(=O)(=O)C4CC4)cc3F)CC2)CC1. The van der Waals surface area contributed by atoms with Gasteiger partial charge in [0.25, 0.3) is 0 Å². The minimum atomic E-state index is -3.40. The van der Waals surface area contributed by atoms with Gasteiger partial charge < -0.3 is 14.7 Å². The lowest BCUT2D eigenvalue weighted by Gasteiger charge is -2.41. The maximum Gasteiger partial charge on any atom is 0.407 e. The normalized spacial score (nSPS) is 25.8. The summed E-state index contributed by atoms with van der Waals surface area (Å²) in [5.74, 6) is -0.172. The molecule has 0 atom stereocenters. The van der Waals surface area contributed by atoms with Crippen LogP contribution in [0.25, 0.3) is 0 Å². The molecule has 3 aliphatic rings. The summed E-state index contributed by atoms with van der Waals surface area (Å²) in [7, 11) is -3.40. The van der Waals surface area contributed by atoms with Crippen molar-refractivity contribution in [2.75, 3.05) is 32.8 Å². The van der Waals surface area contributed by atoms with E-state index in [-0.39, 0.29) is 15.9 Å². The zero-order valence-electron chi connectivity index (χ0n) is 17.0. The van der Waals surface area contributed by atoms with Crippen molar-refractivity contribution in [1.29, 1.82) is 0 Å². The molecule has 1 N–H and O–H groups in total. The maximum atomic E-state index is 14.4. The molecule has 3 fully saturated rings. The van der Waals surface area contributed by atoms with Crippen LogP contribution in [0.3, 0.4) is 0 Å². The summed E-state index contributed by atoms with van der Waals surface area (Å²) < 4.78 is 44.5. The summed E-state index contributed by atoms with van der Waals surface area (Å²) in [6.45, 7) is 3.10. The van der Waals surface area contributed by atoms with Gasteiger partial charge in [0.2, 0.25) is 0 Å². The molecule has 4 rings (SSSR count). The van der Waals surface area contributed by atoms with Gasteiger partial charge in [-0.2, -0.15) is 0 Å². The highest BCUT2D eigenvalue weighted by Gasteiger charge is 2.37. The predicted octanol–water partition coefficient (Wildman–Crippen LogP) is 3.00. The molecule has 1 aromatic carbocycles. The summed E-state index contributed by atoms with van der Waals surface area (Å²) in [5, 5.41) is 8.71. The number of carboxylic acid groups (broad SMARTS) is 1. The number of nitrogens with zero attached hydrogens (tertiary/aromatic N) is 2. The van der Waals surface area contributed by atoms with Gasteiger partial charge in [-0.1, -0.05) is 0 Å². The van der Waals surface area contributed by atoms with Gasteiger partial charge in [-0.05, 0) is 62.6 Å². The molecule has 0 spiro atoms. The van der Waals surface area contributed by atoms with Gasteiger partial charge in [-0.15, -0.1) is 0 Å². The third-order valence-electron chi connectivity index (χ3n) is 6.59. The van der Waals surface area contributed by atoms with E-state index in [1.807, 2.05) is 0 Å². The highest BCUT2D eigenvalue weighted by Crippen LogP contribution is 2.35. The summed E-state index contributed by atoms with van der Waals surface area (Å²) in [4.78, 5) is 14.9. The van der Waals surface area contributed by atoms with Gasteiger partial charge in [-0.25, -0.2) is 17.6 Å². The van der Waals surface area contributed by atoms with Gasteiger partial charge in [-0.3, -0.25) is 4.90 Å². The molecule has 0 radical (unpaired) electrons. The van der Waals surface area contributed by atoms with Crippen LogP contribution in [0.2, 0.25) is 0 Å². The van der Waals surface area contributed by atoms with Crippen LogP contribution in [0, 0.1) is 11.7 Å². The van der Waals surface area contributed by atoms with Crippen molar-refractivity contribution in [3.8, 4) is 5.75 Å². The van der Waals surface area contributed by atoms with E-state index in [0.717, 1.165) is 44.8 Å². The first-order chi connectivity index (χ1) is 14.3. The second kappa shape index (κ2) is 8.70. The Morgan fingerprint density at radius 3 is 2.30 bits per heavy atom. The summed E-state index contributed by atoms with van der Waals surface area (Å²) in [6, 6.07) is 4.43. The Morgan fingerprint density at radius 1 is 1.07 bits per heavy atom. The van der Waals surface area contributed by atoms with E-state index in [1.165, 1.54) is 17.0 Å². The second-order valence-electron chi connectivity index (χ2n) is 8.63. The summed E-state index contributed by atoms with van der Waals surface area (Å²) >= 11 is 0. The van der Waals surface area contributed by atoms with Crippen LogP contribution in [0.5, 0.6) is 5.75 Å². The first-order valence-electron chi connectivity index (χ1n) is 10.7. The minimum Gasteiger partial charge on any atom is -0.490 e. The molecular weight excluding hydrogens is 411 g/mol. The first kappa shape index (κ1) is 21.4. The zero-order valence-corrected chi connectivity index (χ0v) is 17.8. The van der Waals surface area contributed by atoms with Crippen LogP contribution in [0.15, 0.2) is 23.1 Å². The number of piperazine rings is 1. The molecule has 2 aliphatic carbocycles. The number of rotatable bonds is 6. The number of ether oxygens (including phenoxy) is 1. The fourth-order valence-corrected chi connectivity index (χ4v) is 6.18. The minimum absolute atomic E-state index is 0.0401. The van der Waals surface area contributed by atoms with Crippen LogP contribution in [-0.4, -0.2) is 73.5 Å². The molecule has 166 valence electrons.